The van der Waals surface area contributed by atoms with E-state index in [1.54, 1.807) is 19.1 Å². The Morgan fingerprint density at radius 1 is 1.28 bits per heavy atom. The summed E-state index contributed by atoms with van der Waals surface area (Å²) in [5, 5.41) is 1.08. The summed E-state index contributed by atoms with van der Waals surface area (Å²) in [6, 6.07) is 5.20. The van der Waals surface area contributed by atoms with Crippen molar-refractivity contribution in [2.24, 2.45) is 0 Å². The van der Waals surface area contributed by atoms with Gasteiger partial charge in [0.25, 0.3) is 5.56 Å². The highest BCUT2D eigenvalue weighted by Crippen LogP contribution is 2.25. The quantitative estimate of drug-likeness (QED) is 0.598. The Balaban J connectivity index is 2.18. The Hall–Kier alpha value is -1.90. The maximum atomic E-state index is 12.8. The number of unbranched alkanes of at least 4 members (excludes halogenated alkanes) is 1. The summed E-state index contributed by atoms with van der Waals surface area (Å²) in [7, 11) is 0. The zero-order chi connectivity index (χ0) is 21.6. The second kappa shape index (κ2) is 10.8. The molecule has 1 amide bonds. The van der Waals surface area contributed by atoms with E-state index in [-0.39, 0.29) is 29.7 Å². The van der Waals surface area contributed by atoms with Crippen molar-refractivity contribution in [3.8, 4) is 0 Å². The minimum absolute atomic E-state index is 0.00754. The zero-order valence-electron chi connectivity index (χ0n) is 16.3. The molecule has 2 rings (SSSR count). The van der Waals surface area contributed by atoms with Crippen molar-refractivity contribution in [1.82, 2.24) is 9.55 Å². The van der Waals surface area contributed by atoms with E-state index in [2.05, 4.69) is 4.98 Å². The fourth-order valence-electron chi connectivity index (χ4n) is 2.80. The Labute approximate surface area is 183 Å². The molecule has 0 unspecified atom stereocenters. The van der Waals surface area contributed by atoms with Crippen molar-refractivity contribution in [3.05, 3.63) is 54.6 Å². The Bertz CT molecular complexity index is 990. The molecule has 0 saturated carbocycles. The molecule has 0 fully saturated rings. The number of anilines is 2. The molecule has 0 spiro atoms. The number of halogens is 2. The first-order chi connectivity index (χ1) is 13.8. The molecule has 7 nitrogen and oxygen atoms in total. The number of carbonyl (C=O) groups excluding carboxylic acids is 1. The van der Waals surface area contributed by atoms with Gasteiger partial charge in [-0.25, -0.2) is 4.79 Å². The number of nitrogens with zero attached hydrogens (tertiary/aromatic N) is 2. The molecular weight excluding hydrogens is 435 g/mol. The number of nitrogen functional groups attached to an aromatic ring is 1. The number of rotatable bonds is 9. The van der Waals surface area contributed by atoms with E-state index in [0.717, 1.165) is 18.4 Å². The first-order valence-electron chi connectivity index (χ1n) is 9.24. The van der Waals surface area contributed by atoms with Crippen LogP contribution in [0.15, 0.2) is 27.8 Å². The van der Waals surface area contributed by atoms with Crippen molar-refractivity contribution in [3.63, 3.8) is 0 Å². The lowest BCUT2D eigenvalue weighted by Gasteiger charge is -2.23. The van der Waals surface area contributed by atoms with Crippen LogP contribution < -0.4 is 21.9 Å². The van der Waals surface area contributed by atoms with Gasteiger partial charge in [0.2, 0.25) is 5.91 Å². The lowest BCUT2D eigenvalue weighted by atomic mass is 10.2. The van der Waals surface area contributed by atoms with Crippen LogP contribution in [0.5, 0.6) is 0 Å². The normalized spacial score (nSPS) is 10.9. The number of aromatic nitrogens is 2. The number of carbonyl (C=O) groups is 1. The molecule has 1 heterocycles. The van der Waals surface area contributed by atoms with E-state index in [1.165, 1.54) is 21.2 Å². The van der Waals surface area contributed by atoms with E-state index in [9.17, 15) is 14.4 Å². The van der Waals surface area contributed by atoms with Gasteiger partial charge in [0.15, 0.2) is 5.69 Å². The number of hydrogen-bond acceptors (Lipinski definition) is 5. The van der Waals surface area contributed by atoms with Crippen LogP contribution in [0.4, 0.5) is 11.5 Å². The van der Waals surface area contributed by atoms with Crippen LogP contribution in [-0.2, 0) is 17.1 Å². The molecule has 10 heteroatoms. The number of H-pyrrole nitrogens is 1. The molecule has 0 atom stereocenters. The zero-order valence-corrected chi connectivity index (χ0v) is 18.7. The fourth-order valence-corrected chi connectivity index (χ4v) is 4.26. The van der Waals surface area contributed by atoms with Gasteiger partial charge in [-0.1, -0.05) is 42.6 Å². The van der Waals surface area contributed by atoms with Crippen molar-refractivity contribution in [2.45, 2.75) is 39.0 Å². The number of hydrogen-bond donors (Lipinski definition) is 2. The van der Waals surface area contributed by atoms with Crippen LogP contribution in [0.2, 0.25) is 10.0 Å². The van der Waals surface area contributed by atoms with Crippen molar-refractivity contribution >= 4 is 52.4 Å². The minimum atomic E-state index is -0.666. The van der Waals surface area contributed by atoms with Gasteiger partial charge in [-0.15, -0.1) is 11.8 Å². The summed E-state index contributed by atoms with van der Waals surface area (Å²) in [5.74, 6) is 0.370. The minimum Gasteiger partial charge on any atom is -0.383 e. The predicted octanol–water partition coefficient (Wildman–Crippen LogP) is 3.51. The Kier molecular flexibility index (Phi) is 8.67. The number of aromatic amines is 1. The molecule has 0 saturated heterocycles. The highest BCUT2D eigenvalue weighted by Gasteiger charge is 2.22. The molecule has 0 radical (unpaired) electrons. The third kappa shape index (κ3) is 5.81. The van der Waals surface area contributed by atoms with Gasteiger partial charge in [-0.05, 0) is 31.0 Å². The highest BCUT2D eigenvalue weighted by molar-refractivity contribution is 7.99. The Morgan fingerprint density at radius 3 is 2.62 bits per heavy atom. The summed E-state index contributed by atoms with van der Waals surface area (Å²) >= 11 is 13.4. The van der Waals surface area contributed by atoms with Gasteiger partial charge in [-0.3, -0.25) is 19.1 Å². The maximum absolute atomic E-state index is 12.8. The van der Waals surface area contributed by atoms with Crippen LogP contribution in [0.25, 0.3) is 0 Å². The second-order valence-electron chi connectivity index (χ2n) is 6.36. The average Bonchev–Trinajstić information content (AvgIpc) is 2.66. The third-order valence-corrected chi connectivity index (χ3v) is 5.89. The molecule has 0 aliphatic carbocycles. The van der Waals surface area contributed by atoms with Gasteiger partial charge in [0, 0.05) is 28.9 Å². The Morgan fingerprint density at radius 2 is 2.00 bits per heavy atom. The largest absolute Gasteiger partial charge is 0.383 e. The summed E-state index contributed by atoms with van der Waals surface area (Å²) in [5.41, 5.74) is 5.75. The number of thioether (sulfide) groups is 1. The van der Waals surface area contributed by atoms with Gasteiger partial charge >= 0.3 is 5.69 Å². The molecule has 1 aromatic carbocycles. The lowest BCUT2D eigenvalue weighted by Crippen LogP contribution is -2.41. The molecule has 158 valence electrons. The second-order valence-corrected chi connectivity index (χ2v) is 8.19. The smallest absolute Gasteiger partial charge is 0.330 e. The average molecular weight is 459 g/mol. The highest BCUT2D eigenvalue weighted by atomic mass is 35.5. The molecule has 29 heavy (non-hydrogen) atoms. The maximum Gasteiger partial charge on any atom is 0.330 e. The monoisotopic (exact) mass is 458 g/mol. The summed E-state index contributed by atoms with van der Waals surface area (Å²) in [4.78, 5) is 40.8. The lowest BCUT2D eigenvalue weighted by molar-refractivity contribution is -0.116. The molecule has 2 aromatic rings. The first kappa shape index (κ1) is 23.4. The molecule has 1 aromatic heterocycles. The van der Waals surface area contributed by atoms with Gasteiger partial charge in [0.05, 0.1) is 5.75 Å². The first-order valence-corrected chi connectivity index (χ1v) is 11.2. The summed E-state index contributed by atoms with van der Waals surface area (Å²) < 4.78 is 1.30. The van der Waals surface area contributed by atoms with Crippen molar-refractivity contribution < 1.29 is 4.79 Å². The van der Waals surface area contributed by atoms with Crippen molar-refractivity contribution in [2.75, 3.05) is 22.9 Å². The molecule has 0 bridgehead atoms. The van der Waals surface area contributed by atoms with Crippen LogP contribution >= 0.6 is 35.0 Å². The van der Waals surface area contributed by atoms with E-state index in [1.807, 2.05) is 13.0 Å². The number of benzene rings is 1. The van der Waals surface area contributed by atoms with E-state index < -0.39 is 11.2 Å². The third-order valence-electron chi connectivity index (χ3n) is 4.33. The van der Waals surface area contributed by atoms with Crippen molar-refractivity contribution in [1.29, 1.82) is 0 Å². The van der Waals surface area contributed by atoms with Crippen LogP contribution in [0.1, 0.15) is 32.3 Å². The molecular formula is C19H24Cl2N4O3S. The fraction of sp³-hybridized carbons (Fsp3) is 0.421. The predicted molar refractivity (Wildman–Crippen MR) is 121 cm³/mol. The van der Waals surface area contributed by atoms with Gasteiger partial charge < -0.3 is 10.6 Å². The number of amides is 1. The van der Waals surface area contributed by atoms with E-state index in [0.29, 0.717) is 22.3 Å². The SMILES string of the molecule is CCCCn1c(N)c(N(CC)C(=O)CSCc2ccc(Cl)cc2Cl)c(=O)[nH]c1=O. The van der Waals surface area contributed by atoms with Crippen LogP contribution in [0, 0.1) is 0 Å². The molecule has 0 aliphatic rings. The topological polar surface area (TPSA) is 101 Å². The van der Waals surface area contributed by atoms with Crippen LogP contribution in [-0.4, -0.2) is 27.8 Å². The van der Waals surface area contributed by atoms with Gasteiger partial charge in [0.1, 0.15) is 5.82 Å². The van der Waals surface area contributed by atoms with E-state index >= 15 is 0 Å². The van der Waals surface area contributed by atoms with Gasteiger partial charge in [-0.2, -0.15) is 0 Å². The number of nitrogens with one attached hydrogen (secondary N) is 1. The number of nitrogens with two attached hydrogens (primary N) is 1. The summed E-state index contributed by atoms with van der Waals surface area (Å²) in [6.07, 6.45) is 1.59. The summed E-state index contributed by atoms with van der Waals surface area (Å²) in [6.45, 7) is 4.36. The van der Waals surface area contributed by atoms with E-state index in [4.69, 9.17) is 28.9 Å². The molecule has 0 aliphatic heterocycles. The van der Waals surface area contributed by atoms with Crippen LogP contribution in [0.3, 0.4) is 0 Å². The molecule has 3 N–H and O–H groups in total. The standard InChI is InChI=1S/C19H24Cl2N4O3S/c1-3-5-8-25-17(22)16(18(27)23-19(25)28)24(4-2)15(26)11-29-10-12-6-7-13(20)9-14(12)21/h6-7,9H,3-5,8,10-11,22H2,1-2H3,(H,23,27,28).